The summed E-state index contributed by atoms with van der Waals surface area (Å²) in [7, 11) is 0. The lowest BCUT2D eigenvalue weighted by Crippen LogP contribution is -2.50. The van der Waals surface area contributed by atoms with Crippen LogP contribution in [-0.4, -0.2) is 41.0 Å². The smallest absolute Gasteiger partial charge is 0.243 e. The molecule has 0 aliphatic rings. The number of carbonyl (C=O) groups is 2. The van der Waals surface area contributed by atoms with E-state index in [-0.39, 0.29) is 18.4 Å². The van der Waals surface area contributed by atoms with Gasteiger partial charge in [-0.15, -0.1) is 0 Å². The molecule has 0 unspecified atom stereocenters. The molecule has 2 aromatic carbocycles. The Morgan fingerprint density at radius 1 is 1.00 bits per heavy atom. The van der Waals surface area contributed by atoms with Gasteiger partial charge in [0.05, 0.1) is 0 Å². The number of aliphatic hydroxyl groups is 1. The van der Waals surface area contributed by atoms with E-state index in [1.807, 2.05) is 67.6 Å². The van der Waals surface area contributed by atoms with Crippen molar-refractivity contribution in [1.82, 2.24) is 10.2 Å². The third kappa shape index (κ3) is 6.82. The van der Waals surface area contributed by atoms with Crippen molar-refractivity contribution < 1.29 is 14.7 Å². The molecule has 2 rings (SSSR count). The van der Waals surface area contributed by atoms with E-state index in [9.17, 15) is 9.59 Å². The zero-order chi connectivity index (χ0) is 20.2. The molecule has 0 aliphatic heterocycles. The number of nitrogens with one attached hydrogen (secondary N) is 1. The molecule has 0 aromatic heterocycles. The molecule has 1 atom stereocenters. The van der Waals surface area contributed by atoms with E-state index in [0.717, 1.165) is 17.5 Å². The highest BCUT2D eigenvalue weighted by atomic mass is 16.3. The van der Waals surface area contributed by atoms with Gasteiger partial charge in [-0.25, -0.2) is 0 Å². The number of amides is 2. The van der Waals surface area contributed by atoms with E-state index in [0.29, 0.717) is 32.4 Å². The monoisotopic (exact) mass is 382 g/mol. The number of hydrogen-bond donors (Lipinski definition) is 2. The van der Waals surface area contributed by atoms with Crippen molar-refractivity contribution >= 4 is 11.8 Å². The summed E-state index contributed by atoms with van der Waals surface area (Å²) in [6.45, 7) is 2.77. The number of nitrogens with zero attached hydrogens (tertiary/aromatic N) is 1. The Bertz CT molecular complexity index is 719. The van der Waals surface area contributed by atoms with Crippen molar-refractivity contribution in [1.29, 1.82) is 0 Å². The summed E-state index contributed by atoms with van der Waals surface area (Å²) in [5, 5.41) is 11.9. The first-order valence-electron chi connectivity index (χ1n) is 9.91. The van der Waals surface area contributed by atoms with E-state index in [1.165, 1.54) is 0 Å². The maximum absolute atomic E-state index is 13.0. The molecule has 0 bridgehead atoms. The van der Waals surface area contributed by atoms with Crippen LogP contribution in [0.4, 0.5) is 0 Å². The van der Waals surface area contributed by atoms with E-state index in [4.69, 9.17) is 5.11 Å². The van der Waals surface area contributed by atoms with Crippen molar-refractivity contribution in [2.24, 2.45) is 0 Å². The molecule has 150 valence electrons. The van der Waals surface area contributed by atoms with Crippen molar-refractivity contribution in [2.75, 3.05) is 13.2 Å². The quantitative estimate of drug-likeness (QED) is 0.587. The molecule has 2 amide bonds. The van der Waals surface area contributed by atoms with Crippen molar-refractivity contribution in [2.45, 2.75) is 45.2 Å². The molecule has 2 aromatic rings. The first-order chi connectivity index (χ1) is 13.7. The van der Waals surface area contributed by atoms with Crippen LogP contribution < -0.4 is 5.32 Å². The van der Waals surface area contributed by atoms with Crippen LogP contribution in [0.15, 0.2) is 60.7 Å². The predicted molar refractivity (Wildman–Crippen MR) is 111 cm³/mol. The van der Waals surface area contributed by atoms with Gasteiger partial charge in [0.25, 0.3) is 0 Å². The van der Waals surface area contributed by atoms with E-state index >= 15 is 0 Å². The molecule has 28 heavy (non-hydrogen) atoms. The Morgan fingerprint density at radius 3 is 2.18 bits per heavy atom. The van der Waals surface area contributed by atoms with Crippen molar-refractivity contribution in [3.8, 4) is 0 Å². The molecule has 5 heteroatoms. The number of carbonyl (C=O) groups excluding carboxylic acids is 2. The first kappa shape index (κ1) is 21.6. The van der Waals surface area contributed by atoms with Gasteiger partial charge >= 0.3 is 0 Å². The summed E-state index contributed by atoms with van der Waals surface area (Å²) in [6, 6.07) is 18.9. The van der Waals surface area contributed by atoms with Crippen molar-refractivity contribution in [3.63, 3.8) is 0 Å². The molecule has 0 saturated heterocycles. The third-order valence-electron chi connectivity index (χ3n) is 4.56. The van der Waals surface area contributed by atoms with Gasteiger partial charge in [0.1, 0.15) is 6.04 Å². The highest BCUT2D eigenvalue weighted by molar-refractivity contribution is 5.88. The molecular weight excluding hydrogens is 352 g/mol. The van der Waals surface area contributed by atoms with E-state index in [1.54, 1.807) is 4.90 Å². The van der Waals surface area contributed by atoms with Gasteiger partial charge in [0, 0.05) is 32.5 Å². The maximum Gasteiger partial charge on any atom is 0.243 e. The van der Waals surface area contributed by atoms with Crippen LogP contribution in [0.3, 0.4) is 0 Å². The zero-order valence-electron chi connectivity index (χ0n) is 16.5. The predicted octanol–water partition coefficient (Wildman–Crippen LogP) is 2.93. The fourth-order valence-corrected chi connectivity index (χ4v) is 3.10. The number of rotatable bonds is 11. The molecule has 0 heterocycles. The summed E-state index contributed by atoms with van der Waals surface area (Å²) in [6.07, 6.45) is 2.08. The number of aliphatic hydroxyl groups excluding tert-OH is 1. The summed E-state index contributed by atoms with van der Waals surface area (Å²) in [5.41, 5.74) is 2.00. The molecule has 2 N–H and O–H groups in total. The zero-order valence-corrected chi connectivity index (χ0v) is 16.5. The second-order valence-electron chi connectivity index (χ2n) is 6.83. The van der Waals surface area contributed by atoms with E-state index in [2.05, 4.69) is 5.32 Å². The Balaban J connectivity index is 2.28. The van der Waals surface area contributed by atoms with Gasteiger partial charge < -0.3 is 15.3 Å². The third-order valence-corrected chi connectivity index (χ3v) is 4.56. The molecule has 5 nitrogen and oxygen atoms in total. The highest BCUT2D eigenvalue weighted by Gasteiger charge is 2.29. The van der Waals surface area contributed by atoms with Crippen LogP contribution in [0.2, 0.25) is 0 Å². The van der Waals surface area contributed by atoms with Crippen LogP contribution >= 0.6 is 0 Å². The van der Waals surface area contributed by atoms with E-state index < -0.39 is 6.04 Å². The summed E-state index contributed by atoms with van der Waals surface area (Å²) in [5.74, 6) is -0.206. The Hall–Kier alpha value is -2.66. The maximum atomic E-state index is 13.0. The molecule has 0 fully saturated rings. The Morgan fingerprint density at radius 2 is 1.61 bits per heavy atom. The minimum Gasteiger partial charge on any atom is -0.396 e. The molecular formula is C23H30N2O3. The van der Waals surface area contributed by atoms with Crippen LogP contribution in [0.5, 0.6) is 0 Å². The minimum absolute atomic E-state index is 0.0200. The fourth-order valence-electron chi connectivity index (χ4n) is 3.10. The lowest BCUT2D eigenvalue weighted by atomic mass is 10.0. The largest absolute Gasteiger partial charge is 0.396 e. The summed E-state index contributed by atoms with van der Waals surface area (Å²) in [4.78, 5) is 27.6. The topological polar surface area (TPSA) is 69.6 Å². The number of hydrogen-bond acceptors (Lipinski definition) is 3. The summed E-state index contributed by atoms with van der Waals surface area (Å²) >= 11 is 0. The van der Waals surface area contributed by atoms with Gasteiger partial charge in [-0.3, -0.25) is 9.59 Å². The second-order valence-corrected chi connectivity index (χ2v) is 6.83. The van der Waals surface area contributed by atoms with Gasteiger partial charge in [0.15, 0.2) is 0 Å². The summed E-state index contributed by atoms with van der Waals surface area (Å²) < 4.78 is 0. The normalized spacial score (nSPS) is 11.6. The minimum atomic E-state index is -0.597. The number of benzene rings is 2. The lowest BCUT2D eigenvalue weighted by molar-refractivity contribution is -0.141. The van der Waals surface area contributed by atoms with Gasteiger partial charge in [0.2, 0.25) is 11.8 Å². The average Bonchev–Trinajstić information content (AvgIpc) is 2.72. The molecule has 0 radical (unpaired) electrons. The van der Waals surface area contributed by atoms with Crippen LogP contribution in [0.25, 0.3) is 0 Å². The van der Waals surface area contributed by atoms with Gasteiger partial charge in [-0.1, -0.05) is 67.6 Å². The molecule has 0 saturated carbocycles. The second kappa shape index (κ2) is 11.9. The van der Waals surface area contributed by atoms with Crippen LogP contribution in [0.1, 0.15) is 37.3 Å². The fraction of sp³-hybridized carbons (Fsp3) is 0.391. The Labute approximate surface area is 167 Å². The average molecular weight is 383 g/mol. The first-order valence-corrected chi connectivity index (χ1v) is 9.91. The van der Waals surface area contributed by atoms with Crippen LogP contribution in [-0.2, 0) is 22.6 Å². The van der Waals surface area contributed by atoms with Gasteiger partial charge in [-0.2, -0.15) is 0 Å². The van der Waals surface area contributed by atoms with Crippen LogP contribution in [0, 0.1) is 0 Å². The lowest BCUT2D eigenvalue weighted by Gasteiger charge is -2.31. The molecule has 0 aliphatic carbocycles. The highest BCUT2D eigenvalue weighted by Crippen LogP contribution is 2.16. The van der Waals surface area contributed by atoms with Crippen molar-refractivity contribution in [3.05, 3.63) is 71.8 Å². The molecule has 0 spiro atoms. The Kier molecular flexibility index (Phi) is 9.22. The standard InChI is InChI=1S/C23H30N2O3/c1-2-10-22(27)25(18-20-13-7-4-8-14-20)21(23(28)24-15-9-16-26)17-19-11-5-3-6-12-19/h3-8,11-14,21,26H,2,9-10,15-18H2,1H3,(H,24,28)/t21-/m0/s1. The SMILES string of the molecule is CCCC(=O)N(Cc1ccccc1)[C@@H](Cc1ccccc1)C(=O)NCCCO. The van der Waals surface area contributed by atoms with Gasteiger partial charge in [-0.05, 0) is 24.0 Å².